The topological polar surface area (TPSA) is 26.0 Å². The molecule has 3 saturated carbocycles. The molecule has 0 saturated heterocycles. The summed E-state index contributed by atoms with van der Waals surface area (Å²) in [6.45, 7) is 3.35. The van der Waals surface area contributed by atoms with E-state index < -0.39 is 0 Å². The molecule has 4 rings (SSSR count). The van der Waals surface area contributed by atoms with Gasteiger partial charge in [-0.25, -0.2) is 0 Å². The van der Waals surface area contributed by atoms with Crippen LogP contribution < -0.4 is 5.73 Å². The number of hydrogen-bond acceptors (Lipinski definition) is 1. The molecule has 0 aromatic heterocycles. The lowest BCUT2D eigenvalue weighted by molar-refractivity contribution is 0.115. The number of rotatable bonds is 4. The van der Waals surface area contributed by atoms with E-state index in [2.05, 4.69) is 13.0 Å². The molecule has 3 fully saturated rings. The molecule has 0 radical (unpaired) electrons. The summed E-state index contributed by atoms with van der Waals surface area (Å²) in [4.78, 5) is 0. The van der Waals surface area contributed by atoms with E-state index in [0.29, 0.717) is 0 Å². The first-order valence-electron chi connectivity index (χ1n) is 8.67. The van der Waals surface area contributed by atoms with Crippen molar-refractivity contribution in [3.8, 4) is 0 Å². The quantitative estimate of drug-likeness (QED) is 0.755. The second kappa shape index (κ2) is 4.35. The normalized spacial score (nSPS) is 51.1. The molecule has 4 aliphatic rings. The summed E-state index contributed by atoms with van der Waals surface area (Å²) in [6, 6.07) is 0. The van der Waals surface area contributed by atoms with Crippen molar-refractivity contribution < 1.29 is 0 Å². The van der Waals surface area contributed by atoms with Crippen molar-refractivity contribution in [1.82, 2.24) is 0 Å². The Labute approximate surface area is 118 Å². The van der Waals surface area contributed by atoms with Crippen molar-refractivity contribution in [2.24, 2.45) is 40.7 Å². The Balaban J connectivity index is 1.50. The molecule has 0 amide bonds. The van der Waals surface area contributed by atoms with E-state index in [4.69, 9.17) is 5.73 Å². The molecule has 0 bridgehead atoms. The van der Waals surface area contributed by atoms with Crippen LogP contribution in [0.5, 0.6) is 0 Å². The van der Waals surface area contributed by atoms with E-state index in [1.807, 2.05) is 5.57 Å². The van der Waals surface area contributed by atoms with E-state index in [9.17, 15) is 0 Å². The van der Waals surface area contributed by atoms with Gasteiger partial charge in [0.25, 0.3) is 0 Å². The SMILES string of the molecule is CCC1CC(CN)C2CCC(CC34CC=C3CC4)C12. The maximum atomic E-state index is 6.04. The van der Waals surface area contributed by atoms with Crippen molar-refractivity contribution >= 4 is 0 Å². The average molecular weight is 259 g/mol. The lowest BCUT2D eigenvalue weighted by atomic mass is 9.51. The Morgan fingerprint density at radius 2 is 2.16 bits per heavy atom. The molecule has 6 atom stereocenters. The van der Waals surface area contributed by atoms with Crippen LogP contribution in [0.2, 0.25) is 0 Å². The summed E-state index contributed by atoms with van der Waals surface area (Å²) in [6.07, 6.45) is 14.2. The smallest absolute Gasteiger partial charge is 0.00460 e. The van der Waals surface area contributed by atoms with Crippen molar-refractivity contribution in [2.75, 3.05) is 6.54 Å². The molecule has 2 N–H and O–H groups in total. The molecule has 0 spiro atoms. The van der Waals surface area contributed by atoms with Gasteiger partial charge in [0.2, 0.25) is 0 Å². The predicted molar refractivity (Wildman–Crippen MR) is 79.6 cm³/mol. The fourth-order valence-corrected chi connectivity index (χ4v) is 6.27. The Hall–Kier alpha value is -0.300. The number of allylic oxidation sites excluding steroid dienone is 2. The van der Waals surface area contributed by atoms with Crippen LogP contribution in [0.15, 0.2) is 11.6 Å². The van der Waals surface area contributed by atoms with Gasteiger partial charge >= 0.3 is 0 Å². The number of fused-ring (bicyclic) bond motifs is 2. The van der Waals surface area contributed by atoms with Crippen LogP contribution in [0, 0.1) is 35.0 Å². The van der Waals surface area contributed by atoms with Crippen molar-refractivity contribution in [3.63, 3.8) is 0 Å². The second-order valence-corrected chi connectivity index (χ2v) is 7.90. The van der Waals surface area contributed by atoms with Gasteiger partial charge in [0.05, 0.1) is 0 Å². The van der Waals surface area contributed by atoms with E-state index in [1.165, 1.54) is 51.4 Å². The minimum Gasteiger partial charge on any atom is -0.330 e. The summed E-state index contributed by atoms with van der Waals surface area (Å²) in [5, 5.41) is 0. The van der Waals surface area contributed by atoms with E-state index in [1.54, 1.807) is 0 Å². The fraction of sp³-hybridized carbons (Fsp3) is 0.889. The maximum Gasteiger partial charge on any atom is -0.00460 e. The largest absolute Gasteiger partial charge is 0.330 e. The van der Waals surface area contributed by atoms with Gasteiger partial charge in [-0.05, 0) is 86.5 Å². The monoisotopic (exact) mass is 259 g/mol. The zero-order chi connectivity index (χ0) is 13.0. The highest BCUT2D eigenvalue weighted by atomic mass is 14.6. The van der Waals surface area contributed by atoms with Crippen LogP contribution >= 0.6 is 0 Å². The molecular weight excluding hydrogens is 230 g/mol. The lowest BCUT2D eigenvalue weighted by Gasteiger charge is -2.53. The first-order chi connectivity index (χ1) is 9.27. The van der Waals surface area contributed by atoms with Gasteiger partial charge in [-0.2, -0.15) is 0 Å². The first-order valence-corrected chi connectivity index (χ1v) is 8.67. The van der Waals surface area contributed by atoms with Crippen LogP contribution in [0.3, 0.4) is 0 Å². The molecule has 4 aliphatic carbocycles. The van der Waals surface area contributed by atoms with Gasteiger partial charge in [0.1, 0.15) is 0 Å². The van der Waals surface area contributed by atoms with E-state index in [-0.39, 0.29) is 0 Å². The van der Waals surface area contributed by atoms with Crippen LogP contribution in [0.4, 0.5) is 0 Å². The minimum atomic E-state index is 0.721. The Morgan fingerprint density at radius 1 is 1.26 bits per heavy atom. The molecule has 6 unspecified atom stereocenters. The molecule has 1 heteroatoms. The van der Waals surface area contributed by atoms with Crippen LogP contribution in [0.25, 0.3) is 0 Å². The zero-order valence-electron chi connectivity index (χ0n) is 12.4. The second-order valence-electron chi connectivity index (χ2n) is 7.90. The molecule has 1 nitrogen and oxygen atoms in total. The highest BCUT2D eigenvalue weighted by Crippen LogP contribution is 2.64. The standard InChI is InChI=1S/C18H29N/c1-2-12-9-14(11-19)16-4-3-13(17(12)16)10-18-7-5-15(18)6-8-18/h5,12-14,16-17H,2-4,6-11,19H2,1H3. The maximum absolute atomic E-state index is 6.04. The highest BCUT2D eigenvalue weighted by Gasteiger charge is 2.54. The summed E-state index contributed by atoms with van der Waals surface area (Å²) in [5.74, 6) is 4.92. The van der Waals surface area contributed by atoms with Gasteiger partial charge < -0.3 is 5.73 Å². The Morgan fingerprint density at radius 3 is 2.68 bits per heavy atom. The first kappa shape index (κ1) is 12.4. The summed E-state index contributed by atoms with van der Waals surface area (Å²) in [7, 11) is 0. The third-order valence-corrected chi connectivity index (χ3v) is 7.44. The minimum absolute atomic E-state index is 0.721. The Bertz CT molecular complexity index is 398. The molecule has 19 heavy (non-hydrogen) atoms. The summed E-state index contributed by atoms with van der Waals surface area (Å²) in [5.41, 5.74) is 8.59. The molecule has 0 aliphatic heterocycles. The summed E-state index contributed by atoms with van der Waals surface area (Å²) >= 11 is 0. The predicted octanol–water partition coefficient (Wildman–Crippen LogP) is 4.13. The van der Waals surface area contributed by atoms with Crippen molar-refractivity contribution in [1.29, 1.82) is 0 Å². The molecule has 0 aromatic carbocycles. The van der Waals surface area contributed by atoms with Gasteiger partial charge in [-0.1, -0.05) is 25.0 Å². The molecule has 0 heterocycles. The fourth-order valence-electron chi connectivity index (χ4n) is 6.27. The van der Waals surface area contributed by atoms with Crippen molar-refractivity contribution in [2.45, 2.75) is 58.3 Å². The van der Waals surface area contributed by atoms with E-state index >= 15 is 0 Å². The number of nitrogens with two attached hydrogens (primary N) is 1. The Kier molecular flexibility index (Phi) is 2.85. The lowest BCUT2D eigenvalue weighted by Crippen LogP contribution is -2.41. The van der Waals surface area contributed by atoms with Gasteiger partial charge in [0.15, 0.2) is 0 Å². The number of hydrogen-bond donors (Lipinski definition) is 1. The van der Waals surface area contributed by atoms with Gasteiger partial charge in [0, 0.05) is 0 Å². The van der Waals surface area contributed by atoms with E-state index in [0.717, 1.165) is 41.5 Å². The third-order valence-electron chi connectivity index (χ3n) is 7.44. The highest BCUT2D eigenvalue weighted by molar-refractivity contribution is 5.33. The average Bonchev–Trinajstić information content (AvgIpc) is 2.97. The van der Waals surface area contributed by atoms with Crippen LogP contribution in [-0.4, -0.2) is 6.54 Å². The molecule has 106 valence electrons. The van der Waals surface area contributed by atoms with Crippen LogP contribution in [-0.2, 0) is 0 Å². The molecular formula is C18H29N. The third kappa shape index (κ3) is 1.63. The van der Waals surface area contributed by atoms with Gasteiger partial charge in [-0.3, -0.25) is 0 Å². The van der Waals surface area contributed by atoms with Crippen molar-refractivity contribution in [3.05, 3.63) is 11.6 Å². The van der Waals surface area contributed by atoms with Crippen LogP contribution in [0.1, 0.15) is 58.3 Å². The zero-order valence-corrected chi connectivity index (χ0v) is 12.4. The molecule has 0 aromatic rings. The van der Waals surface area contributed by atoms with Gasteiger partial charge in [-0.15, -0.1) is 0 Å². The summed E-state index contributed by atoms with van der Waals surface area (Å²) < 4.78 is 0.